The second-order valence-corrected chi connectivity index (χ2v) is 7.02. The summed E-state index contributed by atoms with van der Waals surface area (Å²) in [5.41, 5.74) is 0.734. The number of nitrogens with zero attached hydrogens (tertiary/aromatic N) is 6. The van der Waals surface area contributed by atoms with E-state index in [-0.39, 0.29) is 5.91 Å². The van der Waals surface area contributed by atoms with Crippen molar-refractivity contribution >= 4 is 23.3 Å². The molecule has 0 spiro atoms. The molecule has 0 bridgehead atoms. The Labute approximate surface area is 145 Å². The van der Waals surface area contributed by atoms with Crippen LogP contribution in [0.3, 0.4) is 0 Å². The van der Waals surface area contributed by atoms with Crippen molar-refractivity contribution in [3.8, 4) is 0 Å². The minimum Gasteiger partial charge on any atom is -0.354 e. The molecule has 4 heterocycles. The first-order valence-electron chi connectivity index (χ1n) is 8.20. The number of piperazine rings is 1. The van der Waals surface area contributed by atoms with Gasteiger partial charge in [-0.3, -0.25) is 9.69 Å². The van der Waals surface area contributed by atoms with Crippen molar-refractivity contribution in [2.24, 2.45) is 0 Å². The number of carbonyl (C=O) groups excluding carboxylic acids is 1. The lowest BCUT2D eigenvalue weighted by atomic mass is 10.1. The third-order valence-electron chi connectivity index (χ3n) is 4.80. The van der Waals surface area contributed by atoms with Crippen molar-refractivity contribution in [2.75, 3.05) is 44.2 Å². The predicted molar refractivity (Wildman–Crippen MR) is 92.4 cm³/mol. The monoisotopic (exact) mass is 344 g/mol. The average Bonchev–Trinajstić information content (AvgIpc) is 3.01. The lowest BCUT2D eigenvalue weighted by Crippen LogP contribution is -2.64. The zero-order valence-electron chi connectivity index (χ0n) is 13.6. The Kier molecular flexibility index (Phi) is 4.15. The molecule has 2 aromatic heterocycles. The summed E-state index contributed by atoms with van der Waals surface area (Å²) >= 11 is 1.19. The maximum atomic E-state index is 12.4. The molecule has 2 fully saturated rings. The number of carbonyl (C=O) groups is 1. The predicted octanol–water partition coefficient (Wildman–Crippen LogP) is 0.888. The van der Waals surface area contributed by atoms with Gasteiger partial charge in [0.1, 0.15) is 10.7 Å². The van der Waals surface area contributed by atoms with Gasteiger partial charge in [-0.25, -0.2) is 4.98 Å². The third-order valence-corrected chi connectivity index (χ3v) is 5.62. The number of amides is 1. The number of pyridine rings is 1. The molecule has 1 amide bonds. The van der Waals surface area contributed by atoms with E-state index in [9.17, 15) is 4.79 Å². The van der Waals surface area contributed by atoms with Gasteiger partial charge in [-0.1, -0.05) is 10.6 Å². The van der Waals surface area contributed by atoms with Gasteiger partial charge in [-0.2, -0.15) is 0 Å². The molecule has 7 nitrogen and oxygen atoms in total. The third kappa shape index (κ3) is 2.87. The minimum atomic E-state index is 0.0749. The minimum absolute atomic E-state index is 0.0749. The first-order chi connectivity index (χ1) is 11.7. The fourth-order valence-corrected chi connectivity index (χ4v) is 3.91. The zero-order valence-corrected chi connectivity index (χ0v) is 14.4. The number of aromatic nitrogens is 3. The van der Waals surface area contributed by atoms with E-state index in [4.69, 9.17) is 0 Å². The molecule has 0 atom stereocenters. The van der Waals surface area contributed by atoms with E-state index in [1.165, 1.54) is 11.5 Å². The van der Waals surface area contributed by atoms with Crippen LogP contribution < -0.4 is 4.90 Å². The van der Waals surface area contributed by atoms with E-state index < -0.39 is 0 Å². The fourth-order valence-electron chi connectivity index (χ4n) is 3.28. The molecule has 8 heteroatoms. The molecule has 2 saturated heterocycles. The highest BCUT2D eigenvalue weighted by Crippen LogP contribution is 2.22. The zero-order chi connectivity index (χ0) is 16.5. The molecule has 0 aromatic carbocycles. The largest absolute Gasteiger partial charge is 0.354 e. The molecule has 126 valence electrons. The highest BCUT2D eigenvalue weighted by Gasteiger charge is 2.37. The summed E-state index contributed by atoms with van der Waals surface area (Å²) < 4.78 is 3.85. The van der Waals surface area contributed by atoms with Crippen LogP contribution in [0.1, 0.15) is 15.4 Å². The summed E-state index contributed by atoms with van der Waals surface area (Å²) in [6, 6.07) is 6.51. The van der Waals surface area contributed by atoms with Gasteiger partial charge in [0.05, 0.1) is 5.69 Å². The molecule has 0 saturated carbocycles. The molecule has 2 aliphatic rings. The molecule has 4 rings (SSSR count). The Bertz CT molecular complexity index is 706. The summed E-state index contributed by atoms with van der Waals surface area (Å²) in [6.07, 6.45) is 1.84. The number of likely N-dealkylation sites (tertiary alicyclic amines) is 1. The molecule has 2 aliphatic heterocycles. The topological polar surface area (TPSA) is 65.5 Å². The molecular weight excluding hydrogens is 324 g/mol. The maximum Gasteiger partial charge on any atom is 0.267 e. The van der Waals surface area contributed by atoms with Gasteiger partial charge in [-0.15, -0.1) is 5.10 Å². The highest BCUT2D eigenvalue weighted by atomic mass is 32.1. The second-order valence-electron chi connectivity index (χ2n) is 6.26. The van der Waals surface area contributed by atoms with Crippen molar-refractivity contribution in [3.63, 3.8) is 0 Å². The van der Waals surface area contributed by atoms with E-state index in [1.807, 2.05) is 30.2 Å². The highest BCUT2D eigenvalue weighted by molar-refractivity contribution is 7.07. The molecule has 24 heavy (non-hydrogen) atoms. The van der Waals surface area contributed by atoms with E-state index >= 15 is 0 Å². The smallest absolute Gasteiger partial charge is 0.267 e. The standard InChI is InChI=1S/C16H20N6OS/c1-12-15(24-19-18-12)16(23)22-10-13(11-22)20-6-8-21(9-7-20)14-4-2-3-5-17-14/h2-5,13H,6-11H2,1H3. The Morgan fingerprint density at radius 2 is 2.00 bits per heavy atom. The van der Waals surface area contributed by atoms with Crippen LogP contribution in [0.25, 0.3) is 0 Å². The number of aryl methyl sites for hydroxylation is 1. The van der Waals surface area contributed by atoms with Crippen molar-refractivity contribution < 1.29 is 4.79 Å². The number of hydrogen-bond acceptors (Lipinski definition) is 7. The Morgan fingerprint density at radius 1 is 1.21 bits per heavy atom. The summed E-state index contributed by atoms with van der Waals surface area (Å²) in [6.45, 7) is 7.46. The van der Waals surface area contributed by atoms with Crippen LogP contribution in [0, 0.1) is 6.92 Å². The van der Waals surface area contributed by atoms with Crippen LogP contribution in [0.15, 0.2) is 24.4 Å². The van der Waals surface area contributed by atoms with Crippen LogP contribution in [-0.2, 0) is 0 Å². The lowest BCUT2D eigenvalue weighted by Gasteiger charge is -2.48. The van der Waals surface area contributed by atoms with E-state index in [1.54, 1.807) is 0 Å². The van der Waals surface area contributed by atoms with Crippen LogP contribution in [0.5, 0.6) is 0 Å². The average molecular weight is 344 g/mol. The Balaban J connectivity index is 1.28. The Morgan fingerprint density at radius 3 is 2.62 bits per heavy atom. The fraction of sp³-hybridized carbons (Fsp3) is 0.500. The molecule has 0 unspecified atom stereocenters. The van der Waals surface area contributed by atoms with Crippen molar-refractivity contribution in [3.05, 3.63) is 35.0 Å². The number of rotatable bonds is 3. The molecule has 0 N–H and O–H groups in total. The first-order valence-corrected chi connectivity index (χ1v) is 8.98. The SMILES string of the molecule is Cc1nnsc1C(=O)N1CC(N2CCN(c3ccccn3)CC2)C1. The Hall–Kier alpha value is -2.06. The van der Waals surface area contributed by atoms with Gasteiger partial charge in [0.25, 0.3) is 5.91 Å². The quantitative estimate of drug-likeness (QED) is 0.824. The maximum absolute atomic E-state index is 12.4. The normalized spacial score (nSPS) is 19.4. The van der Waals surface area contributed by atoms with Gasteiger partial charge < -0.3 is 9.80 Å². The van der Waals surface area contributed by atoms with E-state index in [0.717, 1.165) is 50.8 Å². The van der Waals surface area contributed by atoms with Gasteiger partial charge in [0.15, 0.2) is 0 Å². The van der Waals surface area contributed by atoms with E-state index in [0.29, 0.717) is 10.9 Å². The summed E-state index contributed by atoms with van der Waals surface area (Å²) in [7, 11) is 0. The van der Waals surface area contributed by atoms with Crippen molar-refractivity contribution in [2.45, 2.75) is 13.0 Å². The number of hydrogen-bond donors (Lipinski definition) is 0. The van der Waals surface area contributed by atoms with Crippen LogP contribution in [-0.4, -0.2) is 75.6 Å². The van der Waals surface area contributed by atoms with Crippen LogP contribution >= 0.6 is 11.5 Å². The van der Waals surface area contributed by atoms with Crippen LogP contribution in [0.4, 0.5) is 5.82 Å². The van der Waals surface area contributed by atoms with Gasteiger partial charge in [0.2, 0.25) is 0 Å². The molecule has 2 aromatic rings. The van der Waals surface area contributed by atoms with Crippen molar-refractivity contribution in [1.82, 2.24) is 24.4 Å². The van der Waals surface area contributed by atoms with E-state index in [2.05, 4.69) is 30.4 Å². The van der Waals surface area contributed by atoms with Crippen molar-refractivity contribution in [1.29, 1.82) is 0 Å². The summed E-state index contributed by atoms with van der Waals surface area (Å²) in [4.78, 5) is 24.2. The number of anilines is 1. The molecule has 0 aliphatic carbocycles. The lowest BCUT2D eigenvalue weighted by molar-refractivity contribution is 0.0249. The van der Waals surface area contributed by atoms with Gasteiger partial charge >= 0.3 is 0 Å². The molecule has 0 radical (unpaired) electrons. The first kappa shape index (κ1) is 15.5. The summed E-state index contributed by atoms with van der Waals surface area (Å²) in [5, 5.41) is 3.92. The summed E-state index contributed by atoms with van der Waals surface area (Å²) in [5.74, 6) is 1.13. The van der Waals surface area contributed by atoms with Gasteiger partial charge in [-0.05, 0) is 30.6 Å². The second kappa shape index (κ2) is 6.45. The molecular formula is C16H20N6OS. The van der Waals surface area contributed by atoms with Crippen LogP contribution in [0.2, 0.25) is 0 Å². The van der Waals surface area contributed by atoms with Gasteiger partial charge in [0, 0.05) is 51.5 Å².